The fourth-order valence-corrected chi connectivity index (χ4v) is 2.86. The standard InChI is InChI=1S/C14H30N4.HI/c1-4-5-10-16-13(15)17-11-14(12-18(2)3)8-6-7-9-14;/h4-12H2,1-3H3,(H3,15,16,17);1H. The van der Waals surface area contributed by atoms with Gasteiger partial charge in [-0.25, -0.2) is 0 Å². The van der Waals surface area contributed by atoms with E-state index in [0.717, 1.165) is 26.1 Å². The summed E-state index contributed by atoms with van der Waals surface area (Å²) >= 11 is 0. The third-order valence-corrected chi connectivity index (χ3v) is 3.74. The van der Waals surface area contributed by atoms with Crippen LogP contribution in [-0.4, -0.2) is 44.6 Å². The number of nitrogens with one attached hydrogen (secondary N) is 1. The van der Waals surface area contributed by atoms with Gasteiger partial charge >= 0.3 is 0 Å². The molecule has 0 amide bonds. The van der Waals surface area contributed by atoms with Gasteiger partial charge < -0.3 is 16.0 Å². The molecule has 0 atom stereocenters. The predicted molar refractivity (Wildman–Crippen MR) is 94.3 cm³/mol. The summed E-state index contributed by atoms with van der Waals surface area (Å²) in [5.74, 6) is 0.619. The summed E-state index contributed by atoms with van der Waals surface area (Å²) in [5, 5.41) is 3.19. The minimum Gasteiger partial charge on any atom is -0.370 e. The van der Waals surface area contributed by atoms with Crippen molar-refractivity contribution in [1.82, 2.24) is 10.2 Å². The van der Waals surface area contributed by atoms with E-state index in [1.807, 2.05) is 0 Å². The van der Waals surface area contributed by atoms with Gasteiger partial charge in [0.05, 0.1) is 0 Å². The van der Waals surface area contributed by atoms with Gasteiger partial charge in [-0.3, -0.25) is 4.99 Å². The van der Waals surface area contributed by atoms with Crippen molar-refractivity contribution in [1.29, 1.82) is 0 Å². The van der Waals surface area contributed by atoms with Crippen molar-refractivity contribution >= 4 is 29.9 Å². The van der Waals surface area contributed by atoms with Crippen molar-refractivity contribution < 1.29 is 0 Å². The van der Waals surface area contributed by atoms with Crippen LogP contribution in [0.4, 0.5) is 0 Å². The molecule has 0 spiro atoms. The van der Waals surface area contributed by atoms with Crippen molar-refractivity contribution in [2.75, 3.05) is 33.7 Å². The second-order valence-electron chi connectivity index (χ2n) is 5.93. The average Bonchev–Trinajstić information content (AvgIpc) is 2.75. The Balaban J connectivity index is 0.00000324. The fraction of sp³-hybridized carbons (Fsp3) is 0.929. The number of rotatable bonds is 7. The highest BCUT2D eigenvalue weighted by Gasteiger charge is 2.34. The summed E-state index contributed by atoms with van der Waals surface area (Å²) in [4.78, 5) is 6.84. The number of guanidine groups is 1. The van der Waals surface area contributed by atoms with Gasteiger partial charge in [-0.05, 0) is 33.4 Å². The number of nitrogens with two attached hydrogens (primary N) is 1. The van der Waals surface area contributed by atoms with Crippen LogP contribution in [-0.2, 0) is 0 Å². The predicted octanol–water partition coefficient (Wildman–Crippen LogP) is 2.43. The van der Waals surface area contributed by atoms with Crippen molar-refractivity contribution in [3.05, 3.63) is 0 Å². The average molecular weight is 382 g/mol. The molecule has 19 heavy (non-hydrogen) atoms. The Morgan fingerprint density at radius 2 is 1.95 bits per heavy atom. The van der Waals surface area contributed by atoms with E-state index in [2.05, 4.69) is 36.2 Å². The Hall–Kier alpha value is -0.0400. The van der Waals surface area contributed by atoms with Crippen LogP contribution in [0.2, 0.25) is 0 Å². The second-order valence-corrected chi connectivity index (χ2v) is 5.93. The number of nitrogens with zero attached hydrogens (tertiary/aromatic N) is 2. The van der Waals surface area contributed by atoms with Gasteiger partial charge in [0.15, 0.2) is 5.96 Å². The highest BCUT2D eigenvalue weighted by Crippen LogP contribution is 2.38. The highest BCUT2D eigenvalue weighted by molar-refractivity contribution is 14.0. The van der Waals surface area contributed by atoms with Crippen LogP contribution in [0.25, 0.3) is 0 Å². The molecule has 0 saturated heterocycles. The first-order valence-corrected chi connectivity index (χ1v) is 7.26. The van der Waals surface area contributed by atoms with E-state index >= 15 is 0 Å². The molecule has 1 rings (SSSR count). The van der Waals surface area contributed by atoms with Crippen molar-refractivity contribution in [2.45, 2.75) is 45.4 Å². The Bertz CT molecular complexity index is 260. The molecule has 3 N–H and O–H groups in total. The molecule has 0 radical (unpaired) electrons. The third-order valence-electron chi connectivity index (χ3n) is 3.74. The monoisotopic (exact) mass is 382 g/mol. The molecular formula is C14H31IN4. The number of aliphatic imine (C=N–C) groups is 1. The highest BCUT2D eigenvalue weighted by atomic mass is 127. The number of halogens is 1. The molecule has 0 bridgehead atoms. The molecule has 0 aliphatic heterocycles. The van der Waals surface area contributed by atoms with Crippen LogP contribution < -0.4 is 11.1 Å². The zero-order chi connectivity index (χ0) is 13.4. The molecule has 0 aromatic heterocycles. The second kappa shape index (κ2) is 9.80. The number of unbranched alkanes of at least 4 members (excludes halogenated alkanes) is 1. The lowest BCUT2D eigenvalue weighted by Crippen LogP contribution is -2.37. The molecule has 0 unspecified atom stereocenters. The minimum atomic E-state index is 0. The smallest absolute Gasteiger partial charge is 0.188 e. The summed E-state index contributed by atoms with van der Waals surface area (Å²) < 4.78 is 0. The molecule has 1 aliphatic rings. The van der Waals surface area contributed by atoms with Crippen molar-refractivity contribution in [3.63, 3.8) is 0 Å². The SMILES string of the molecule is CCCCNC(N)=NCC1(CN(C)C)CCCC1.I. The topological polar surface area (TPSA) is 53.6 Å². The molecular weight excluding hydrogens is 351 g/mol. The van der Waals surface area contributed by atoms with Crippen LogP contribution >= 0.6 is 24.0 Å². The molecule has 0 aromatic rings. The van der Waals surface area contributed by atoms with Gasteiger partial charge in [0.2, 0.25) is 0 Å². The first kappa shape index (κ1) is 19.0. The first-order chi connectivity index (χ1) is 8.58. The normalized spacial score (nSPS) is 18.4. The van der Waals surface area contributed by atoms with Gasteiger partial charge in [-0.1, -0.05) is 26.2 Å². The molecule has 1 fully saturated rings. The number of hydrogen-bond acceptors (Lipinski definition) is 2. The van der Waals surface area contributed by atoms with Crippen LogP contribution in [0.3, 0.4) is 0 Å². The summed E-state index contributed by atoms with van der Waals surface area (Å²) in [6.45, 7) is 5.11. The lowest BCUT2D eigenvalue weighted by atomic mass is 9.86. The first-order valence-electron chi connectivity index (χ1n) is 7.26. The fourth-order valence-electron chi connectivity index (χ4n) is 2.86. The van der Waals surface area contributed by atoms with E-state index < -0.39 is 0 Å². The molecule has 4 nitrogen and oxygen atoms in total. The Morgan fingerprint density at radius 1 is 1.32 bits per heavy atom. The molecule has 1 saturated carbocycles. The van der Waals surface area contributed by atoms with Crippen LogP contribution in [0.1, 0.15) is 45.4 Å². The van der Waals surface area contributed by atoms with Gasteiger partial charge in [-0.15, -0.1) is 24.0 Å². The van der Waals surface area contributed by atoms with Gasteiger partial charge in [0, 0.05) is 25.0 Å². The summed E-state index contributed by atoms with van der Waals surface area (Å²) in [5.41, 5.74) is 6.27. The van der Waals surface area contributed by atoms with E-state index in [9.17, 15) is 0 Å². The Morgan fingerprint density at radius 3 is 2.47 bits per heavy atom. The molecule has 1 aliphatic carbocycles. The molecule has 5 heteroatoms. The van der Waals surface area contributed by atoms with E-state index in [-0.39, 0.29) is 24.0 Å². The zero-order valence-corrected chi connectivity index (χ0v) is 15.1. The minimum absolute atomic E-state index is 0. The Labute approximate surface area is 135 Å². The lowest BCUT2D eigenvalue weighted by molar-refractivity contribution is 0.210. The summed E-state index contributed by atoms with van der Waals surface area (Å²) in [6.07, 6.45) is 7.59. The maximum absolute atomic E-state index is 5.91. The van der Waals surface area contributed by atoms with Crippen LogP contribution in [0.15, 0.2) is 4.99 Å². The summed E-state index contributed by atoms with van der Waals surface area (Å²) in [6, 6.07) is 0. The largest absolute Gasteiger partial charge is 0.370 e. The van der Waals surface area contributed by atoms with Crippen molar-refractivity contribution in [2.24, 2.45) is 16.1 Å². The maximum atomic E-state index is 5.91. The van der Waals surface area contributed by atoms with Crippen LogP contribution in [0, 0.1) is 5.41 Å². The van der Waals surface area contributed by atoms with E-state index in [1.54, 1.807) is 0 Å². The number of hydrogen-bond donors (Lipinski definition) is 2. The summed E-state index contributed by atoms with van der Waals surface area (Å²) in [7, 11) is 4.29. The van der Waals surface area contributed by atoms with E-state index in [0.29, 0.717) is 11.4 Å². The van der Waals surface area contributed by atoms with Gasteiger partial charge in [0.25, 0.3) is 0 Å². The van der Waals surface area contributed by atoms with Gasteiger partial charge in [-0.2, -0.15) is 0 Å². The van der Waals surface area contributed by atoms with E-state index in [4.69, 9.17) is 5.73 Å². The third kappa shape index (κ3) is 7.34. The van der Waals surface area contributed by atoms with Crippen molar-refractivity contribution in [3.8, 4) is 0 Å². The van der Waals surface area contributed by atoms with E-state index in [1.165, 1.54) is 32.1 Å². The molecule has 114 valence electrons. The lowest BCUT2D eigenvalue weighted by Gasteiger charge is -2.30. The molecule has 0 heterocycles. The maximum Gasteiger partial charge on any atom is 0.188 e. The zero-order valence-electron chi connectivity index (χ0n) is 12.7. The molecule has 0 aromatic carbocycles. The van der Waals surface area contributed by atoms with Gasteiger partial charge in [0.1, 0.15) is 0 Å². The Kier molecular flexibility index (Phi) is 9.78. The van der Waals surface area contributed by atoms with Crippen LogP contribution in [0.5, 0.6) is 0 Å². The quantitative estimate of drug-likeness (QED) is 0.308.